The van der Waals surface area contributed by atoms with E-state index in [2.05, 4.69) is 6.08 Å². The summed E-state index contributed by atoms with van der Waals surface area (Å²) in [5.74, 6) is -0.199. The van der Waals surface area contributed by atoms with Crippen LogP contribution in [0.2, 0.25) is 0 Å². The predicted molar refractivity (Wildman–Crippen MR) is 93.3 cm³/mol. The van der Waals surface area contributed by atoms with Crippen molar-refractivity contribution in [2.45, 2.75) is 38.9 Å². The Bertz CT molecular complexity index is 730. The lowest BCUT2D eigenvalue weighted by molar-refractivity contribution is -0.0549. The first kappa shape index (κ1) is 18.5. The Morgan fingerprint density at radius 3 is 2.76 bits per heavy atom. The van der Waals surface area contributed by atoms with Gasteiger partial charge in [0.2, 0.25) is 0 Å². The van der Waals surface area contributed by atoms with Gasteiger partial charge in [0, 0.05) is 17.2 Å². The quantitative estimate of drug-likeness (QED) is 0.592. The molecule has 0 aromatic heterocycles. The molecular formula is C19H22FO4S-. The molecule has 0 aliphatic heterocycles. The SMILES string of the molecule is C[C@@H]1/C(=C/C2=CC=C(S(=O)[O-])CC2)[C@@H]2CC=C(F)C=C2[C@@H]1CC(O)O. The minimum absolute atomic E-state index is 0.0808. The van der Waals surface area contributed by atoms with Crippen LogP contribution in [0.15, 0.2) is 57.8 Å². The van der Waals surface area contributed by atoms with Crippen LogP contribution in [-0.4, -0.2) is 25.3 Å². The minimum Gasteiger partial charge on any atom is -0.769 e. The van der Waals surface area contributed by atoms with Gasteiger partial charge < -0.3 is 14.8 Å². The van der Waals surface area contributed by atoms with Crippen LogP contribution in [-0.2, 0) is 11.1 Å². The van der Waals surface area contributed by atoms with Gasteiger partial charge in [0.15, 0.2) is 6.29 Å². The zero-order chi connectivity index (χ0) is 18.1. The van der Waals surface area contributed by atoms with Gasteiger partial charge in [-0.15, -0.1) is 0 Å². The molecule has 3 rings (SSSR count). The standard InChI is InChI=1S/C19H23FO4S/c1-11-16(8-12-2-5-14(6-3-12)25(23)24)15-7-4-13(20)9-18(15)17(11)10-19(21)22/h2,4-5,8-9,11,15,17,19,21-22H,3,6-7,10H2,1H3,(H,23,24)/p-1/b16-8-/t11-,15+,17-/m1/s1. The molecule has 2 N–H and O–H groups in total. The first-order chi connectivity index (χ1) is 11.9. The van der Waals surface area contributed by atoms with E-state index < -0.39 is 17.4 Å². The number of hydrogen-bond acceptors (Lipinski definition) is 4. The Hall–Kier alpha value is -1.34. The van der Waals surface area contributed by atoms with Crippen LogP contribution in [0.3, 0.4) is 0 Å². The first-order valence-corrected chi connectivity index (χ1v) is 9.58. The second-order valence-corrected chi connectivity index (χ2v) is 7.88. The van der Waals surface area contributed by atoms with Crippen LogP contribution >= 0.6 is 0 Å². The van der Waals surface area contributed by atoms with E-state index in [0.717, 1.165) is 16.7 Å². The normalized spacial score (nSPS) is 32.1. The molecule has 0 radical (unpaired) electrons. The van der Waals surface area contributed by atoms with Gasteiger partial charge in [-0.25, -0.2) is 4.39 Å². The molecule has 6 heteroatoms. The van der Waals surface area contributed by atoms with Crippen molar-refractivity contribution in [2.24, 2.45) is 17.8 Å². The second kappa shape index (κ2) is 7.50. The topological polar surface area (TPSA) is 80.6 Å². The van der Waals surface area contributed by atoms with Crippen molar-refractivity contribution in [3.05, 3.63) is 57.8 Å². The fourth-order valence-corrected chi connectivity index (χ4v) is 4.57. The molecule has 0 saturated heterocycles. The third-order valence-corrected chi connectivity index (χ3v) is 6.16. The van der Waals surface area contributed by atoms with Crippen molar-refractivity contribution in [3.63, 3.8) is 0 Å². The molecule has 0 spiro atoms. The van der Waals surface area contributed by atoms with Crippen molar-refractivity contribution >= 4 is 11.1 Å². The first-order valence-electron chi connectivity index (χ1n) is 8.50. The van der Waals surface area contributed by atoms with E-state index >= 15 is 0 Å². The average molecular weight is 365 g/mol. The number of hydrogen-bond donors (Lipinski definition) is 2. The Labute approximate surface area is 149 Å². The van der Waals surface area contributed by atoms with Gasteiger partial charge in [-0.2, -0.15) is 0 Å². The van der Waals surface area contributed by atoms with Crippen molar-refractivity contribution in [1.29, 1.82) is 0 Å². The van der Waals surface area contributed by atoms with Crippen molar-refractivity contribution in [3.8, 4) is 0 Å². The number of aliphatic hydroxyl groups excluding tert-OH is 1. The molecule has 0 bridgehead atoms. The maximum atomic E-state index is 13.7. The highest BCUT2D eigenvalue weighted by molar-refractivity contribution is 7.83. The Morgan fingerprint density at radius 1 is 1.40 bits per heavy atom. The van der Waals surface area contributed by atoms with Crippen molar-refractivity contribution < 1.29 is 23.4 Å². The molecule has 0 heterocycles. The van der Waals surface area contributed by atoms with Crippen LogP contribution in [0.5, 0.6) is 0 Å². The van der Waals surface area contributed by atoms with E-state index in [0.29, 0.717) is 24.2 Å². The third-order valence-electron chi connectivity index (χ3n) is 5.39. The summed E-state index contributed by atoms with van der Waals surface area (Å²) in [6.45, 7) is 2.04. The van der Waals surface area contributed by atoms with Gasteiger partial charge in [-0.1, -0.05) is 36.3 Å². The highest BCUT2D eigenvalue weighted by Crippen LogP contribution is 2.51. The molecular weight excluding hydrogens is 343 g/mol. The number of aliphatic hydroxyl groups is 2. The van der Waals surface area contributed by atoms with Gasteiger partial charge in [0.25, 0.3) is 0 Å². The van der Waals surface area contributed by atoms with E-state index in [1.54, 1.807) is 12.2 Å². The summed E-state index contributed by atoms with van der Waals surface area (Å²) in [6, 6.07) is 0. The van der Waals surface area contributed by atoms with Crippen LogP contribution in [0.25, 0.3) is 0 Å². The largest absolute Gasteiger partial charge is 0.769 e. The van der Waals surface area contributed by atoms with Crippen LogP contribution in [0.1, 0.15) is 32.6 Å². The smallest absolute Gasteiger partial charge is 0.152 e. The fourth-order valence-electron chi connectivity index (χ4n) is 4.12. The Balaban J connectivity index is 1.91. The van der Waals surface area contributed by atoms with Crippen LogP contribution in [0.4, 0.5) is 4.39 Å². The summed E-state index contributed by atoms with van der Waals surface area (Å²) in [5, 5.41) is 18.8. The predicted octanol–water partition coefficient (Wildman–Crippen LogP) is 3.16. The molecule has 3 aliphatic carbocycles. The number of allylic oxidation sites excluding steroid dienone is 10. The van der Waals surface area contributed by atoms with E-state index in [4.69, 9.17) is 0 Å². The molecule has 1 saturated carbocycles. The number of rotatable bonds is 4. The lowest BCUT2D eigenvalue weighted by atomic mass is 9.87. The van der Waals surface area contributed by atoms with Gasteiger partial charge in [0.05, 0.1) is 0 Å². The van der Waals surface area contributed by atoms with Gasteiger partial charge in [0.1, 0.15) is 5.83 Å². The molecule has 4 atom stereocenters. The summed E-state index contributed by atoms with van der Waals surface area (Å²) in [5.41, 5.74) is 3.14. The van der Waals surface area contributed by atoms with E-state index in [1.807, 2.05) is 13.0 Å². The van der Waals surface area contributed by atoms with Gasteiger partial charge in [-0.3, -0.25) is 4.21 Å². The van der Waals surface area contributed by atoms with E-state index in [-0.39, 0.29) is 30.0 Å². The third kappa shape index (κ3) is 3.92. The maximum Gasteiger partial charge on any atom is 0.152 e. The average Bonchev–Trinajstić information content (AvgIpc) is 2.80. The molecule has 136 valence electrons. The van der Waals surface area contributed by atoms with Crippen LogP contribution in [0, 0.1) is 17.8 Å². The molecule has 3 aliphatic rings. The zero-order valence-corrected chi connectivity index (χ0v) is 14.8. The summed E-state index contributed by atoms with van der Waals surface area (Å²) in [4.78, 5) is 0.408. The maximum absolute atomic E-state index is 13.7. The lowest BCUT2D eigenvalue weighted by Crippen LogP contribution is -2.17. The van der Waals surface area contributed by atoms with Crippen LogP contribution < -0.4 is 0 Å². The summed E-state index contributed by atoms with van der Waals surface area (Å²) < 4.78 is 35.8. The summed E-state index contributed by atoms with van der Waals surface area (Å²) >= 11 is -2.17. The van der Waals surface area contributed by atoms with Crippen molar-refractivity contribution in [2.75, 3.05) is 0 Å². The van der Waals surface area contributed by atoms with E-state index in [9.17, 15) is 23.4 Å². The number of fused-ring (bicyclic) bond motifs is 1. The molecule has 0 aromatic rings. The highest BCUT2D eigenvalue weighted by atomic mass is 32.2. The molecule has 0 aromatic carbocycles. The molecule has 1 unspecified atom stereocenters. The summed E-state index contributed by atoms with van der Waals surface area (Å²) in [7, 11) is 0. The minimum atomic E-state index is -2.17. The highest BCUT2D eigenvalue weighted by Gasteiger charge is 2.41. The monoisotopic (exact) mass is 365 g/mol. The van der Waals surface area contributed by atoms with Crippen molar-refractivity contribution in [1.82, 2.24) is 0 Å². The zero-order valence-electron chi connectivity index (χ0n) is 14.0. The van der Waals surface area contributed by atoms with Gasteiger partial charge in [-0.05, 0) is 59.9 Å². The van der Waals surface area contributed by atoms with Gasteiger partial charge >= 0.3 is 0 Å². The summed E-state index contributed by atoms with van der Waals surface area (Å²) in [6.07, 6.45) is 9.12. The number of halogens is 1. The molecule has 1 fully saturated rings. The Morgan fingerprint density at radius 2 is 2.16 bits per heavy atom. The molecule has 25 heavy (non-hydrogen) atoms. The molecule has 0 amide bonds. The lowest BCUT2D eigenvalue weighted by Gasteiger charge is -2.20. The second-order valence-electron chi connectivity index (χ2n) is 6.89. The Kier molecular flexibility index (Phi) is 5.53. The van der Waals surface area contributed by atoms with E-state index in [1.165, 1.54) is 6.08 Å². The molecule has 4 nitrogen and oxygen atoms in total. The fraction of sp³-hybridized carbons (Fsp3) is 0.474.